The molecule has 196 valence electrons. The number of ether oxygens (including phenoxy) is 1. The molecule has 1 aliphatic carbocycles. The summed E-state index contributed by atoms with van der Waals surface area (Å²) in [5.41, 5.74) is 0. The fourth-order valence-corrected chi connectivity index (χ4v) is 22.0. The first-order valence-electron chi connectivity index (χ1n) is 14.4. The molecule has 6 heteroatoms. The van der Waals surface area contributed by atoms with Crippen LogP contribution in [0, 0.1) is 5.92 Å². The van der Waals surface area contributed by atoms with E-state index in [0.29, 0.717) is 25.0 Å². The Hall–Kier alpha value is -1.24. The monoisotopic (exact) mass is 592 g/mol. The van der Waals surface area contributed by atoms with Crippen LogP contribution in [-0.2, 0) is 9.53 Å². The van der Waals surface area contributed by atoms with Gasteiger partial charge >= 0.3 is 190 Å². The van der Waals surface area contributed by atoms with E-state index >= 15 is 0 Å². The molecule has 5 nitrogen and oxygen atoms in total. The van der Waals surface area contributed by atoms with Crippen LogP contribution in [0.5, 0.6) is 0 Å². The van der Waals surface area contributed by atoms with E-state index in [-0.39, 0.29) is 18.0 Å². The van der Waals surface area contributed by atoms with Crippen molar-refractivity contribution in [3.05, 3.63) is 30.3 Å². The molecule has 1 aromatic carbocycles. The number of rotatable bonds is 17. The van der Waals surface area contributed by atoms with E-state index < -0.39 is 18.4 Å². The van der Waals surface area contributed by atoms with Gasteiger partial charge in [-0.3, -0.25) is 0 Å². The van der Waals surface area contributed by atoms with Gasteiger partial charge < -0.3 is 10.6 Å². The molecule has 1 saturated carbocycles. The first-order valence-corrected chi connectivity index (χ1v) is 21.8. The molecule has 1 aliphatic heterocycles. The normalized spacial score (nSPS) is 21.4. The van der Waals surface area contributed by atoms with Gasteiger partial charge in [-0.15, -0.1) is 0 Å². The van der Waals surface area contributed by atoms with Crippen LogP contribution in [0.4, 0.5) is 4.79 Å². The van der Waals surface area contributed by atoms with Crippen LogP contribution in [-0.4, -0.2) is 49.1 Å². The summed E-state index contributed by atoms with van der Waals surface area (Å²) in [5.74, 6) is 0.506. The van der Waals surface area contributed by atoms with Gasteiger partial charge in [0, 0.05) is 0 Å². The van der Waals surface area contributed by atoms with Crippen molar-refractivity contribution >= 4 is 34.0 Å². The molecule has 2 N–H and O–H groups in total. The molecule has 0 spiro atoms. The molecule has 2 aliphatic rings. The second-order valence-corrected chi connectivity index (χ2v) is 24.1. The predicted molar refractivity (Wildman–Crippen MR) is 147 cm³/mol. The van der Waals surface area contributed by atoms with Crippen LogP contribution in [0.25, 0.3) is 0 Å². The molecule has 1 heterocycles. The third kappa shape index (κ3) is 8.68. The number of carbonyl (C=O) groups excluding carboxylic acids is 2. The third-order valence-electron chi connectivity index (χ3n) is 8.33. The number of benzene rings is 1. The van der Waals surface area contributed by atoms with E-state index in [0.717, 1.165) is 32.1 Å². The number of urea groups is 1. The molecule has 1 aromatic rings. The Morgan fingerprint density at radius 3 is 2.34 bits per heavy atom. The number of unbranched alkanes of at least 4 members (excludes halogenated alkanes) is 4. The van der Waals surface area contributed by atoms with Crippen LogP contribution < -0.4 is 14.2 Å². The maximum absolute atomic E-state index is 12.3. The first-order chi connectivity index (χ1) is 17.1. The molecule has 0 radical (unpaired) electrons. The molecule has 2 amide bonds. The molecular weight excluding hydrogens is 543 g/mol. The third-order valence-corrected chi connectivity index (χ3v) is 24.0. The Morgan fingerprint density at radius 2 is 1.63 bits per heavy atom. The Balaban J connectivity index is 1.33. The zero-order valence-corrected chi connectivity index (χ0v) is 25.0. The van der Waals surface area contributed by atoms with Crippen molar-refractivity contribution in [1.29, 1.82) is 0 Å². The predicted octanol–water partition coefficient (Wildman–Crippen LogP) is 6.29. The van der Waals surface area contributed by atoms with Crippen molar-refractivity contribution in [2.45, 2.75) is 116 Å². The molecule has 0 unspecified atom stereocenters. The van der Waals surface area contributed by atoms with E-state index in [1.54, 1.807) is 3.58 Å². The van der Waals surface area contributed by atoms with Crippen molar-refractivity contribution in [1.82, 2.24) is 10.6 Å². The Bertz CT molecular complexity index is 764. The standard InChI is InChI=1S/C15H25N2O3.C6H5.2C4H9.Sn/c1-2-3-10-20-13(18)7-5-4-6-11-8-9-12-14(11)17-15(19)16-12;1-2-4-6-5-3-1;2*1-3-4-2;/h11-12,14H,1-10H2,(H2,16,17,19);1-5H;2*1,3-4H2,2H3;/t11-,12+,14-;;;;/m1..../s1. The number of fused-ring (bicyclic) bond motifs is 1. The van der Waals surface area contributed by atoms with Gasteiger partial charge in [0.25, 0.3) is 0 Å². The second-order valence-electron chi connectivity index (χ2n) is 10.9. The molecule has 0 aromatic heterocycles. The second kappa shape index (κ2) is 15.1. The molecule has 0 bridgehead atoms. The number of carbonyl (C=O) groups is 2. The minimum absolute atomic E-state index is 0.0194. The number of hydrogen-bond acceptors (Lipinski definition) is 3. The van der Waals surface area contributed by atoms with Crippen molar-refractivity contribution < 1.29 is 14.3 Å². The topological polar surface area (TPSA) is 67.4 Å². The van der Waals surface area contributed by atoms with E-state index in [9.17, 15) is 9.59 Å². The minimum atomic E-state index is -2.42. The summed E-state index contributed by atoms with van der Waals surface area (Å²) >= 11 is -2.42. The van der Waals surface area contributed by atoms with Crippen molar-refractivity contribution in [2.24, 2.45) is 5.92 Å². The van der Waals surface area contributed by atoms with E-state index in [4.69, 9.17) is 4.74 Å². The van der Waals surface area contributed by atoms with Crippen LogP contribution in [0.1, 0.15) is 90.9 Å². The maximum atomic E-state index is 12.3. The summed E-state index contributed by atoms with van der Waals surface area (Å²) in [6, 6.07) is 12.0. The molecule has 3 atom stereocenters. The number of amides is 2. The summed E-state index contributed by atoms with van der Waals surface area (Å²) in [6.07, 6.45) is 13.2. The molecule has 2 fully saturated rings. The van der Waals surface area contributed by atoms with Gasteiger partial charge in [0.2, 0.25) is 0 Å². The Labute approximate surface area is 217 Å². The number of hydrogen-bond donors (Lipinski definition) is 2. The Kier molecular flexibility index (Phi) is 12.2. The van der Waals surface area contributed by atoms with Crippen molar-refractivity contribution in [3.8, 4) is 0 Å². The average Bonchev–Trinajstić information content (AvgIpc) is 3.42. The van der Waals surface area contributed by atoms with Crippen molar-refractivity contribution in [3.63, 3.8) is 0 Å². The number of esters is 1. The van der Waals surface area contributed by atoms with Crippen LogP contribution in [0.15, 0.2) is 30.3 Å². The van der Waals surface area contributed by atoms with Gasteiger partial charge in [0.1, 0.15) is 0 Å². The van der Waals surface area contributed by atoms with Gasteiger partial charge in [-0.1, -0.05) is 0 Å². The summed E-state index contributed by atoms with van der Waals surface area (Å²) in [7, 11) is 0. The van der Waals surface area contributed by atoms with Gasteiger partial charge in [-0.05, 0) is 6.42 Å². The van der Waals surface area contributed by atoms with Crippen molar-refractivity contribution in [2.75, 3.05) is 6.61 Å². The van der Waals surface area contributed by atoms with E-state index in [1.165, 1.54) is 51.8 Å². The fourth-order valence-electron chi connectivity index (χ4n) is 6.28. The molecule has 3 rings (SSSR count). The summed E-state index contributed by atoms with van der Waals surface area (Å²) in [6.45, 7) is 5.20. The van der Waals surface area contributed by atoms with Crippen LogP contribution in [0.2, 0.25) is 13.3 Å². The fraction of sp³-hybridized carbons (Fsp3) is 0.724. The van der Waals surface area contributed by atoms with Gasteiger partial charge in [-0.2, -0.15) is 0 Å². The zero-order chi connectivity index (χ0) is 24.9. The van der Waals surface area contributed by atoms with Gasteiger partial charge in [-0.25, -0.2) is 4.79 Å². The van der Waals surface area contributed by atoms with E-state index in [2.05, 4.69) is 54.8 Å². The quantitative estimate of drug-likeness (QED) is 0.127. The van der Waals surface area contributed by atoms with Crippen LogP contribution in [0.3, 0.4) is 0 Å². The van der Waals surface area contributed by atoms with Crippen LogP contribution >= 0.6 is 0 Å². The summed E-state index contributed by atoms with van der Waals surface area (Å²) in [5, 5.41) is 6.07. The van der Waals surface area contributed by atoms with Gasteiger partial charge in [0.15, 0.2) is 0 Å². The first kappa shape index (κ1) is 28.3. The summed E-state index contributed by atoms with van der Waals surface area (Å²) in [4.78, 5) is 23.8. The van der Waals surface area contributed by atoms with Gasteiger partial charge in [0.05, 0.1) is 6.04 Å². The molecular formula is C29H48N2O3Sn. The molecule has 35 heavy (non-hydrogen) atoms. The SMILES string of the molecule is CCC[CH2][Sn]([CH2]CCC)([CH2]CCCOC(=O)CCCC[C@@H]1CC[C@@H]2NC(=O)N[C@H]12)[c]1ccccc1. The summed E-state index contributed by atoms with van der Waals surface area (Å²) < 4.78 is 11.6. The van der Waals surface area contributed by atoms with E-state index in [1.807, 2.05) is 0 Å². The average molecular weight is 591 g/mol. The molecule has 1 saturated heterocycles. The number of nitrogens with one attached hydrogen (secondary N) is 2. The zero-order valence-electron chi connectivity index (χ0n) is 22.2. The Morgan fingerprint density at radius 1 is 0.914 bits per heavy atom.